The van der Waals surface area contributed by atoms with Gasteiger partial charge in [-0.15, -0.1) is 0 Å². The lowest BCUT2D eigenvalue weighted by Gasteiger charge is -2.16. The van der Waals surface area contributed by atoms with Gasteiger partial charge in [0.25, 0.3) is 0 Å². The van der Waals surface area contributed by atoms with Crippen LogP contribution in [0.2, 0.25) is 0 Å². The fourth-order valence-corrected chi connectivity index (χ4v) is 1.91. The topological polar surface area (TPSA) is 175 Å². The van der Waals surface area contributed by atoms with Gasteiger partial charge in [-0.25, -0.2) is 0 Å². The number of hydrogen-bond acceptors (Lipinski definition) is 5. The SMILES string of the molecule is NC(C(=O)O)C(CCCCC(CC(=O)O)C(=O)O)C(=O)O. The summed E-state index contributed by atoms with van der Waals surface area (Å²) in [7, 11) is 0. The summed E-state index contributed by atoms with van der Waals surface area (Å²) >= 11 is 0. The number of carboxylic acids is 4. The molecule has 0 radical (unpaired) electrons. The molecule has 6 N–H and O–H groups in total. The second-order valence-electron chi connectivity index (χ2n) is 4.73. The Kier molecular flexibility index (Phi) is 7.99. The van der Waals surface area contributed by atoms with E-state index < -0.39 is 48.2 Å². The van der Waals surface area contributed by atoms with E-state index in [0.29, 0.717) is 0 Å². The van der Waals surface area contributed by atoms with Gasteiger partial charge in [-0.2, -0.15) is 0 Å². The molecule has 0 heterocycles. The average molecular weight is 305 g/mol. The monoisotopic (exact) mass is 305 g/mol. The number of aliphatic carboxylic acids is 4. The molecule has 0 rings (SSSR count). The molecular formula is C12H19NO8. The van der Waals surface area contributed by atoms with E-state index in [1.165, 1.54) is 0 Å². The Morgan fingerprint density at radius 3 is 1.71 bits per heavy atom. The Labute approximate surface area is 120 Å². The molecule has 0 aromatic rings. The van der Waals surface area contributed by atoms with Crippen LogP contribution in [0.15, 0.2) is 0 Å². The number of carbonyl (C=O) groups is 4. The second kappa shape index (κ2) is 8.90. The van der Waals surface area contributed by atoms with Crippen molar-refractivity contribution in [1.29, 1.82) is 0 Å². The van der Waals surface area contributed by atoms with Gasteiger partial charge in [-0.3, -0.25) is 19.2 Å². The van der Waals surface area contributed by atoms with Crippen LogP contribution < -0.4 is 5.73 Å². The highest BCUT2D eigenvalue weighted by Crippen LogP contribution is 2.18. The van der Waals surface area contributed by atoms with E-state index >= 15 is 0 Å². The lowest BCUT2D eigenvalue weighted by atomic mass is 9.91. The van der Waals surface area contributed by atoms with E-state index in [2.05, 4.69) is 0 Å². The van der Waals surface area contributed by atoms with E-state index in [1.54, 1.807) is 0 Å². The number of unbranched alkanes of at least 4 members (excludes halogenated alkanes) is 1. The third-order valence-corrected chi connectivity index (χ3v) is 3.12. The Balaban J connectivity index is 4.32. The van der Waals surface area contributed by atoms with Crippen LogP contribution in [-0.2, 0) is 19.2 Å². The van der Waals surface area contributed by atoms with Crippen LogP contribution in [0.5, 0.6) is 0 Å². The summed E-state index contributed by atoms with van der Waals surface area (Å²) in [6.07, 6.45) is 0.0898. The minimum Gasteiger partial charge on any atom is -0.481 e. The first-order chi connectivity index (χ1) is 9.66. The molecule has 0 aliphatic carbocycles. The maximum absolute atomic E-state index is 10.9. The standard InChI is InChI=1S/C12H19NO8/c13-9(12(20)21)7(11(18)19)4-2-1-3-6(10(16)17)5-8(14)15/h6-7,9H,1-5,13H2,(H,14,15)(H,16,17)(H,18,19)(H,20,21). The lowest BCUT2D eigenvalue weighted by Crippen LogP contribution is -2.42. The quantitative estimate of drug-likeness (QED) is 0.324. The van der Waals surface area contributed by atoms with Gasteiger partial charge in [0.2, 0.25) is 0 Å². The first kappa shape index (κ1) is 18.8. The molecule has 120 valence electrons. The first-order valence-electron chi connectivity index (χ1n) is 6.32. The minimum absolute atomic E-state index is 0.0117. The van der Waals surface area contributed by atoms with Crippen molar-refractivity contribution in [1.82, 2.24) is 0 Å². The zero-order valence-corrected chi connectivity index (χ0v) is 11.3. The highest BCUT2D eigenvalue weighted by Gasteiger charge is 2.30. The predicted molar refractivity (Wildman–Crippen MR) is 68.6 cm³/mol. The molecule has 0 saturated carbocycles. The van der Waals surface area contributed by atoms with Gasteiger partial charge in [0.15, 0.2) is 0 Å². The van der Waals surface area contributed by atoms with E-state index in [0.717, 1.165) is 0 Å². The van der Waals surface area contributed by atoms with Gasteiger partial charge in [-0.05, 0) is 12.8 Å². The number of carboxylic acid groups (broad SMARTS) is 4. The third kappa shape index (κ3) is 7.25. The molecule has 9 nitrogen and oxygen atoms in total. The summed E-state index contributed by atoms with van der Waals surface area (Å²) in [6.45, 7) is 0. The fraction of sp³-hybridized carbons (Fsp3) is 0.667. The molecule has 0 aliphatic rings. The van der Waals surface area contributed by atoms with E-state index in [1.807, 2.05) is 0 Å². The normalized spacial score (nSPS) is 14.9. The van der Waals surface area contributed by atoms with Gasteiger partial charge in [-0.1, -0.05) is 12.8 Å². The van der Waals surface area contributed by atoms with Crippen LogP contribution >= 0.6 is 0 Å². The maximum atomic E-state index is 10.9. The van der Waals surface area contributed by atoms with Crippen LogP contribution in [-0.4, -0.2) is 50.3 Å². The number of nitrogens with two attached hydrogens (primary N) is 1. The largest absolute Gasteiger partial charge is 0.481 e. The zero-order valence-electron chi connectivity index (χ0n) is 11.3. The molecular weight excluding hydrogens is 286 g/mol. The maximum Gasteiger partial charge on any atom is 0.321 e. The van der Waals surface area contributed by atoms with Gasteiger partial charge in [0.05, 0.1) is 18.3 Å². The first-order valence-corrected chi connectivity index (χ1v) is 6.32. The van der Waals surface area contributed by atoms with Crippen molar-refractivity contribution in [3.63, 3.8) is 0 Å². The molecule has 0 saturated heterocycles. The van der Waals surface area contributed by atoms with E-state index in [4.69, 9.17) is 26.2 Å². The van der Waals surface area contributed by atoms with Gasteiger partial charge in [0.1, 0.15) is 6.04 Å². The molecule has 0 aromatic heterocycles. The fourth-order valence-electron chi connectivity index (χ4n) is 1.91. The molecule has 3 atom stereocenters. The van der Waals surface area contributed by atoms with Crippen molar-refractivity contribution in [3.05, 3.63) is 0 Å². The third-order valence-electron chi connectivity index (χ3n) is 3.12. The van der Waals surface area contributed by atoms with Crippen LogP contribution in [0, 0.1) is 11.8 Å². The summed E-state index contributed by atoms with van der Waals surface area (Å²) in [6, 6.07) is -1.53. The molecule has 0 spiro atoms. The van der Waals surface area contributed by atoms with E-state index in [9.17, 15) is 19.2 Å². The molecule has 0 aromatic carbocycles. The molecule has 0 aliphatic heterocycles. The molecule has 0 fully saturated rings. The lowest BCUT2D eigenvalue weighted by molar-refractivity contribution is -0.150. The molecule has 0 bridgehead atoms. The van der Waals surface area contributed by atoms with E-state index in [-0.39, 0.29) is 25.7 Å². The molecule has 9 heteroatoms. The van der Waals surface area contributed by atoms with Crippen LogP contribution in [0.1, 0.15) is 32.1 Å². The molecule has 3 unspecified atom stereocenters. The Hall–Kier alpha value is -2.16. The Morgan fingerprint density at radius 2 is 1.33 bits per heavy atom. The predicted octanol–water partition coefficient (Wildman–Crippen LogP) is -0.165. The Morgan fingerprint density at radius 1 is 0.810 bits per heavy atom. The zero-order chi connectivity index (χ0) is 16.6. The average Bonchev–Trinajstić information content (AvgIpc) is 2.35. The Bertz CT molecular complexity index is 408. The summed E-state index contributed by atoms with van der Waals surface area (Å²) in [5.41, 5.74) is 5.27. The summed E-state index contributed by atoms with van der Waals surface area (Å²) in [5.74, 6) is -7.50. The highest BCUT2D eigenvalue weighted by molar-refractivity contribution is 5.82. The highest BCUT2D eigenvalue weighted by atomic mass is 16.4. The number of rotatable bonds is 11. The van der Waals surface area contributed by atoms with Crippen molar-refractivity contribution in [2.75, 3.05) is 0 Å². The molecule has 0 amide bonds. The second-order valence-corrected chi connectivity index (χ2v) is 4.73. The smallest absolute Gasteiger partial charge is 0.321 e. The van der Waals surface area contributed by atoms with Crippen LogP contribution in [0.25, 0.3) is 0 Å². The van der Waals surface area contributed by atoms with Crippen molar-refractivity contribution in [2.45, 2.75) is 38.1 Å². The van der Waals surface area contributed by atoms with Gasteiger partial charge in [0, 0.05) is 0 Å². The van der Waals surface area contributed by atoms with Crippen LogP contribution in [0.3, 0.4) is 0 Å². The molecule has 21 heavy (non-hydrogen) atoms. The van der Waals surface area contributed by atoms with Crippen molar-refractivity contribution in [3.8, 4) is 0 Å². The van der Waals surface area contributed by atoms with Gasteiger partial charge >= 0.3 is 23.9 Å². The minimum atomic E-state index is -1.53. The van der Waals surface area contributed by atoms with Crippen molar-refractivity contribution in [2.24, 2.45) is 17.6 Å². The summed E-state index contributed by atoms with van der Waals surface area (Å²) < 4.78 is 0. The van der Waals surface area contributed by atoms with Crippen molar-refractivity contribution < 1.29 is 39.6 Å². The summed E-state index contributed by atoms with van der Waals surface area (Å²) in [4.78, 5) is 42.9. The van der Waals surface area contributed by atoms with Gasteiger partial charge < -0.3 is 26.2 Å². The number of hydrogen-bond donors (Lipinski definition) is 5. The van der Waals surface area contributed by atoms with Crippen molar-refractivity contribution >= 4 is 23.9 Å². The van der Waals surface area contributed by atoms with Crippen LogP contribution in [0.4, 0.5) is 0 Å². The summed E-state index contributed by atoms with van der Waals surface area (Å²) in [5, 5.41) is 35.0.